The molecule has 4 aromatic carbocycles. The second-order valence-electron chi connectivity index (χ2n) is 12.9. The molecule has 266 valence electrons. The van der Waals surface area contributed by atoms with Crippen molar-refractivity contribution in [2.75, 3.05) is 16.0 Å². The number of hydrogen-bond acceptors (Lipinski definition) is 5. The third kappa shape index (κ3) is 11.9. The van der Waals surface area contributed by atoms with Crippen LogP contribution in [0.4, 0.5) is 16.2 Å². The van der Waals surface area contributed by atoms with Gasteiger partial charge in [0.25, 0.3) is 11.1 Å². The SMILES string of the molecule is CCCCCCCCCCCCCCc1ccccc1NC(=O)c1ccc2c(N(Cc3ccccc3)C(=O)SCCC(=O)O)cccc2c1O. The molecular formula is C42H52N2O5S. The van der Waals surface area contributed by atoms with Gasteiger partial charge in [-0.3, -0.25) is 19.3 Å². The van der Waals surface area contributed by atoms with Gasteiger partial charge in [0.05, 0.1) is 24.2 Å². The number of amides is 2. The minimum absolute atomic E-state index is 0.132. The number of carboxylic acids is 1. The Morgan fingerprint density at radius 2 is 1.34 bits per heavy atom. The molecule has 0 aliphatic rings. The standard InChI is InChI=1S/C42H52N2O5S/c1-2-3-4-5-6-7-8-9-10-11-12-16-22-33-23-17-18-25-37(33)43-41(48)36-28-27-34-35(40(36)47)24-19-26-38(34)44(31-32-20-14-13-15-21-32)42(49)50-30-29-39(45)46/h13-15,17-21,23-28,47H,2-12,16,22,29-31H2,1H3,(H,43,48)(H,45,46). The molecule has 0 fully saturated rings. The monoisotopic (exact) mass is 696 g/mol. The number of carbonyl (C=O) groups is 3. The summed E-state index contributed by atoms with van der Waals surface area (Å²) in [6.07, 6.45) is 16.2. The largest absolute Gasteiger partial charge is 0.506 e. The molecule has 4 aromatic rings. The Labute approximate surface area is 301 Å². The Morgan fingerprint density at radius 1 is 0.700 bits per heavy atom. The maximum atomic E-state index is 13.6. The van der Waals surface area contributed by atoms with Crippen LogP contribution in [-0.4, -0.2) is 33.1 Å². The van der Waals surface area contributed by atoms with E-state index in [1.54, 1.807) is 35.2 Å². The molecule has 8 heteroatoms. The number of aryl methyl sites for hydroxylation is 1. The van der Waals surface area contributed by atoms with Crippen molar-refractivity contribution in [3.63, 3.8) is 0 Å². The lowest BCUT2D eigenvalue weighted by atomic mass is 10.0. The summed E-state index contributed by atoms with van der Waals surface area (Å²) in [6.45, 7) is 2.52. The number of thioether (sulfide) groups is 1. The molecule has 0 saturated heterocycles. The molecule has 0 aliphatic heterocycles. The van der Waals surface area contributed by atoms with Gasteiger partial charge in [-0.15, -0.1) is 0 Å². The molecular weight excluding hydrogens is 645 g/mol. The molecule has 0 saturated carbocycles. The van der Waals surface area contributed by atoms with Crippen LogP contribution in [0.5, 0.6) is 5.75 Å². The maximum Gasteiger partial charge on any atom is 0.304 e. The fourth-order valence-electron chi connectivity index (χ4n) is 6.27. The molecule has 0 atom stereocenters. The number of benzene rings is 4. The first-order valence-corrected chi connectivity index (χ1v) is 19.2. The zero-order chi connectivity index (χ0) is 35.6. The summed E-state index contributed by atoms with van der Waals surface area (Å²) in [5, 5.41) is 24.3. The van der Waals surface area contributed by atoms with Gasteiger partial charge in [0.1, 0.15) is 5.75 Å². The summed E-state index contributed by atoms with van der Waals surface area (Å²) in [5.41, 5.74) is 3.43. The van der Waals surface area contributed by atoms with Crippen LogP contribution in [0.1, 0.15) is 112 Å². The second-order valence-corrected chi connectivity index (χ2v) is 14.0. The Kier molecular flexibility index (Phi) is 16.2. The maximum absolute atomic E-state index is 13.6. The number of nitrogens with zero attached hydrogens (tertiary/aromatic N) is 1. The molecule has 0 spiro atoms. The third-order valence-corrected chi connectivity index (χ3v) is 9.93. The Bertz CT molecular complexity index is 1680. The summed E-state index contributed by atoms with van der Waals surface area (Å²) in [5.74, 6) is -1.39. The van der Waals surface area contributed by atoms with E-state index in [0.29, 0.717) is 16.5 Å². The molecule has 0 unspecified atom stereocenters. The fraction of sp³-hybridized carbons (Fsp3) is 0.405. The molecule has 2 amide bonds. The molecule has 7 nitrogen and oxygen atoms in total. The highest BCUT2D eigenvalue weighted by atomic mass is 32.2. The topological polar surface area (TPSA) is 107 Å². The summed E-state index contributed by atoms with van der Waals surface area (Å²) in [7, 11) is 0. The van der Waals surface area contributed by atoms with Crippen LogP contribution in [0.2, 0.25) is 0 Å². The van der Waals surface area contributed by atoms with Gasteiger partial charge in [-0.1, -0.05) is 156 Å². The van der Waals surface area contributed by atoms with Crippen LogP contribution in [0.3, 0.4) is 0 Å². The van der Waals surface area contributed by atoms with E-state index < -0.39 is 11.9 Å². The van der Waals surface area contributed by atoms with E-state index in [9.17, 15) is 19.5 Å². The number of rotatable bonds is 21. The molecule has 0 heterocycles. The summed E-state index contributed by atoms with van der Waals surface area (Å²) < 4.78 is 0. The number of carbonyl (C=O) groups excluding carboxylic acids is 2. The van der Waals surface area contributed by atoms with Crippen molar-refractivity contribution >= 4 is 51.0 Å². The predicted octanol–water partition coefficient (Wildman–Crippen LogP) is 11.4. The highest BCUT2D eigenvalue weighted by molar-refractivity contribution is 8.13. The normalized spacial score (nSPS) is 11.1. The van der Waals surface area contributed by atoms with Crippen LogP contribution < -0.4 is 10.2 Å². The van der Waals surface area contributed by atoms with E-state index in [-0.39, 0.29) is 35.3 Å². The van der Waals surface area contributed by atoms with Crippen LogP contribution in [-0.2, 0) is 17.8 Å². The highest BCUT2D eigenvalue weighted by Crippen LogP contribution is 2.37. The van der Waals surface area contributed by atoms with Crippen molar-refractivity contribution in [2.24, 2.45) is 0 Å². The van der Waals surface area contributed by atoms with Gasteiger partial charge in [0.15, 0.2) is 0 Å². The van der Waals surface area contributed by atoms with Crippen LogP contribution in [0.25, 0.3) is 10.8 Å². The van der Waals surface area contributed by atoms with Gasteiger partial charge < -0.3 is 15.5 Å². The van der Waals surface area contributed by atoms with E-state index in [1.807, 2.05) is 54.6 Å². The Morgan fingerprint density at radius 3 is 2.02 bits per heavy atom. The fourth-order valence-corrected chi connectivity index (χ4v) is 7.04. The quantitative estimate of drug-likeness (QED) is 0.0749. The molecule has 0 bridgehead atoms. The molecule has 50 heavy (non-hydrogen) atoms. The van der Waals surface area contributed by atoms with Crippen molar-refractivity contribution in [2.45, 2.75) is 103 Å². The van der Waals surface area contributed by atoms with E-state index in [2.05, 4.69) is 12.2 Å². The first-order chi connectivity index (χ1) is 24.4. The average molecular weight is 697 g/mol. The number of para-hydroxylation sites is 1. The summed E-state index contributed by atoms with van der Waals surface area (Å²) in [6, 6.07) is 26.0. The second kappa shape index (κ2) is 21.0. The number of nitrogens with one attached hydrogen (secondary N) is 1. The lowest BCUT2D eigenvalue weighted by Gasteiger charge is -2.24. The van der Waals surface area contributed by atoms with Crippen LogP contribution in [0.15, 0.2) is 84.9 Å². The number of carboxylic acid groups (broad SMARTS) is 1. The number of anilines is 2. The summed E-state index contributed by atoms with van der Waals surface area (Å²) in [4.78, 5) is 39.7. The van der Waals surface area contributed by atoms with Gasteiger partial charge in [-0.05, 0) is 42.2 Å². The van der Waals surface area contributed by atoms with Crippen LogP contribution >= 0.6 is 11.8 Å². The zero-order valence-corrected chi connectivity index (χ0v) is 30.2. The third-order valence-electron chi connectivity index (χ3n) is 9.06. The lowest BCUT2D eigenvalue weighted by Crippen LogP contribution is -2.27. The highest BCUT2D eigenvalue weighted by Gasteiger charge is 2.22. The predicted molar refractivity (Wildman–Crippen MR) is 208 cm³/mol. The van der Waals surface area contributed by atoms with E-state index in [4.69, 9.17) is 5.11 Å². The van der Waals surface area contributed by atoms with Crippen molar-refractivity contribution in [1.82, 2.24) is 0 Å². The van der Waals surface area contributed by atoms with Gasteiger partial charge in [-0.2, -0.15) is 0 Å². The van der Waals surface area contributed by atoms with E-state index in [1.165, 1.54) is 64.2 Å². The number of aliphatic carboxylic acids is 1. The van der Waals surface area contributed by atoms with E-state index in [0.717, 1.165) is 47.8 Å². The number of unbranched alkanes of at least 4 members (excludes halogenated alkanes) is 11. The lowest BCUT2D eigenvalue weighted by molar-refractivity contribution is -0.136. The summed E-state index contributed by atoms with van der Waals surface area (Å²) >= 11 is 0.944. The first kappa shape index (κ1) is 38.5. The molecule has 4 rings (SSSR count). The Balaban J connectivity index is 1.40. The number of aromatic hydroxyl groups is 1. The average Bonchev–Trinajstić information content (AvgIpc) is 3.12. The van der Waals surface area contributed by atoms with E-state index >= 15 is 0 Å². The van der Waals surface area contributed by atoms with Crippen LogP contribution in [0, 0.1) is 0 Å². The van der Waals surface area contributed by atoms with Crippen molar-refractivity contribution < 1.29 is 24.6 Å². The smallest absolute Gasteiger partial charge is 0.304 e. The van der Waals surface area contributed by atoms with Gasteiger partial charge in [0.2, 0.25) is 0 Å². The number of phenols is 1. The molecule has 3 N–H and O–H groups in total. The van der Waals surface area contributed by atoms with Gasteiger partial charge in [0, 0.05) is 22.2 Å². The van der Waals surface area contributed by atoms with Crippen molar-refractivity contribution in [1.29, 1.82) is 0 Å². The zero-order valence-electron chi connectivity index (χ0n) is 29.4. The first-order valence-electron chi connectivity index (χ1n) is 18.2. The van der Waals surface area contributed by atoms with Crippen molar-refractivity contribution in [3.05, 3.63) is 102 Å². The minimum atomic E-state index is -0.965. The molecule has 0 radical (unpaired) electrons. The van der Waals surface area contributed by atoms with Gasteiger partial charge >= 0.3 is 5.97 Å². The van der Waals surface area contributed by atoms with Gasteiger partial charge in [-0.25, -0.2) is 0 Å². The minimum Gasteiger partial charge on any atom is -0.506 e. The van der Waals surface area contributed by atoms with Crippen molar-refractivity contribution in [3.8, 4) is 5.75 Å². The molecule has 0 aliphatic carbocycles. The number of phenolic OH excluding ortho intramolecular Hbond substituents is 1. The number of fused-ring (bicyclic) bond motifs is 1. The Hall–Kier alpha value is -4.30. The number of hydrogen-bond donors (Lipinski definition) is 3. The molecule has 0 aromatic heterocycles.